The molecule has 2 heteroatoms. The van der Waals surface area contributed by atoms with Crippen LogP contribution in [0.15, 0.2) is 66.9 Å². The van der Waals surface area contributed by atoms with Crippen molar-refractivity contribution < 1.29 is 4.74 Å². The number of aromatic nitrogens is 1. The molecule has 0 aliphatic carbocycles. The minimum atomic E-state index is 0.764. The molecule has 0 saturated heterocycles. The van der Waals surface area contributed by atoms with Crippen molar-refractivity contribution in [1.29, 1.82) is 0 Å². The highest BCUT2D eigenvalue weighted by atomic mass is 16.5. The summed E-state index contributed by atoms with van der Waals surface area (Å²) in [6.07, 6.45) is 10.7. The molecule has 0 fully saturated rings. The highest BCUT2D eigenvalue weighted by Crippen LogP contribution is 2.26. The Hall–Kier alpha value is -2.61. The summed E-state index contributed by atoms with van der Waals surface area (Å²) in [6, 6.07) is 21.4. The second-order valence-electron chi connectivity index (χ2n) is 7.65. The zero-order chi connectivity index (χ0) is 20.3. The van der Waals surface area contributed by atoms with Crippen LogP contribution in [0.3, 0.4) is 0 Å². The number of ether oxygens (including phenoxy) is 1. The molecule has 2 aromatic carbocycles. The van der Waals surface area contributed by atoms with E-state index in [9.17, 15) is 0 Å². The van der Waals surface area contributed by atoms with Crippen molar-refractivity contribution in [3.8, 4) is 28.0 Å². The third-order valence-corrected chi connectivity index (χ3v) is 5.24. The molecule has 1 heterocycles. The van der Waals surface area contributed by atoms with Gasteiger partial charge in [0.2, 0.25) is 0 Å². The van der Waals surface area contributed by atoms with Crippen molar-refractivity contribution in [2.75, 3.05) is 6.61 Å². The first-order chi connectivity index (χ1) is 14.3. The zero-order valence-corrected chi connectivity index (χ0v) is 17.9. The fourth-order valence-corrected chi connectivity index (χ4v) is 3.47. The largest absolute Gasteiger partial charge is 0.494 e. The van der Waals surface area contributed by atoms with Crippen LogP contribution in [-0.4, -0.2) is 11.6 Å². The summed E-state index contributed by atoms with van der Waals surface area (Å²) in [5.41, 5.74) is 6.00. The van der Waals surface area contributed by atoms with Gasteiger partial charge in [0.15, 0.2) is 0 Å². The molecule has 0 spiro atoms. The molecule has 0 bridgehead atoms. The number of hydrogen-bond acceptors (Lipinski definition) is 2. The van der Waals surface area contributed by atoms with Crippen LogP contribution in [0.1, 0.15) is 58.1 Å². The maximum absolute atomic E-state index is 5.67. The van der Waals surface area contributed by atoms with E-state index in [4.69, 9.17) is 4.74 Å². The Bertz CT molecular complexity index is 835. The Balaban J connectivity index is 1.58. The van der Waals surface area contributed by atoms with Crippen LogP contribution in [0.25, 0.3) is 22.3 Å². The van der Waals surface area contributed by atoms with E-state index in [1.807, 2.05) is 18.3 Å². The van der Waals surface area contributed by atoms with E-state index in [1.165, 1.54) is 60.1 Å². The predicted octanol–water partition coefficient (Wildman–Crippen LogP) is 7.72. The van der Waals surface area contributed by atoms with Gasteiger partial charge in [-0.3, -0.25) is 4.98 Å². The monoisotopic (exact) mass is 387 g/mol. The quantitative estimate of drug-likeness (QED) is 0.314. The number of rotatable bonds is 11. The van der Waals surface area contributed by atoms with Crippen molar-refractivity contribution in [3.05, 3.63) is 72.6 Å². The first-order valence-electron chi connectivity index (χ1n) is 11.1. The number of aryl methyl sites for hydroxylation is 1. The SMILES string of the molecule is CCCCCCCc1ccc(-c2ccc(-c3ccc(OCCC)cc3)cc2)cn1. The minimum Gasteiger partial charge on any atom is -0.494 e. The zero-order valence-electron chi connectivity index (χ0n) is 17.9. The summed E-state index contributed by atoms with van der Waals surface area (Å²) in [6.45, 7) is 5.14. The van der Waals surface area contributed by atoms with Crippen LogP contribution in [-0.2, 0) is 6.42 Å². The lowest BCUT2D eigenvalue weighted by Crippen LogP contribution is -1.94. The molecule has 29 heavy (non-hydrogen) atoms. The van der Waals surface area contributed by atoms with Crippen molar-refractivity contribution in [2.45, 2.75) is 58.8 Å². The van der Waals surface area contributed by atoms with Crippen molar-refractivity contribution in [3.63, 3.8) is 0 Å². The smallest absolute Gasteiger partial charge is 0.119 e. The Morgan fingerprint density at radius 1 is 0.621 bits per heavy atom. The Kier molecular flexibility index (Phi) is 8.30. The van der Waals surface area contributed by atoms with Crippen LogP contribution >= 0.6 is 0 Å². The van der Waals surface area contributed by atoms with Gasteiger partial charge in [0, 0.05) is 17.5 Å². The second kappa shape index (κ2) is 11.4. The number of nitrogens with zero attached hydrogens (tertiary/aromatic N) is 1. The molecular formula is C27H33NO. The lowest BCUT2D eigenvalue weighted by molar-refractivity contribution is 0.317. The predicted molar refractivity (Wildman–Crippen MR) is 123 cm³/mol. The number of benzene rings is 2. The average molecular weight is 388 g/mol. The summed E-state index contributed by atoms with van der Waals surface area (Å²) in [5, 5.41) is 0. The number of unbranched alkanes of at least 4 members (excludes halogenated alkanes) is 4. The molecule has 152 valence electrons. The van der Waals surface area contributed by atoms with Gasteiger partial charge in [-0.1, -0.05) is 82.0 Å². The lowest BCUT2D eigenvalue weighted by atomic mass is 10.0. The van der Waals surface area contributed by atoms with Crippen molar-refractivity contribution in [2.24, 2.45) is 0 Å². The van der Waals surface area contributed by atoms with Crippen molar-refractivity contribution >= 4 is 0 Å². The molecule has 0 unspecified atom stereocenters. The van der Waals surface area contributed by atoms with Crippen LogP contribution in [0.4, 0.5) is 0 Å². The molecule has 0 aliphatic heterocycles. The Labute approximate surface area is 176 Å². The van der Waals surface area contributed by atoms with E-state index in [2.05, 4.69) is 67.4 Å². The van der Waals surface area contributed by atoms with Gasteiger partial charge in [-0.25, -0.2) is 0 Å². The summed E-state index contributed by atoms with van der Waals surface area (Å²) in [5.74, 6) is 0.934. The van der Waals surface area contributed by atoms with Crippen molar-refractivity contribution in [1.82, 2.24) is 4.98 Å². The standard InChI is InChI=1S/C27H33NO/c1-3-5-6-7-8-9-26-17-14-25(21-28-26)24-12-10-22(11-13-24)23-15-18-27(19-16-23)29-20-4-2/h10-19,21H,3-9,20H2,1-2H3. The third kappa shape index (κ3) is 6.45. The summed E-state index contributed by atoms with van der Waals surface area (Å²) >= 11 is 0. The fraction of sp³-hybridized carbons (Fsp3) is 0.370. The van der Waals surface area contributed by atoms with Gasteiger partial charge in [-0.15, -0.1) is 0 Å². The molecule has 1 aromatic heterocycles. The molecule has 3 rings (SSSR count). The van der Waals surface area contributed by atoms with E-state index in [-0.39, 0.29) is 0 Å². The summed E-state index contributed by atoms with van der Waals surface area (Å²) in [7, 11) is 0. The highest BCUT2D eigenvalue weighted by molar-refractivity contribution is 5.70. The second-order valence-corrected chi connectivity index (χ2v) is 7.65. The maximum atomic E-state index is 5.67. The Morgan fingerprint density at radius 3 is 1.79 bits per heavy atom. The van der Waals surface area contributed by atoms with Crippen LogP contribution in [0.2, 0.25) is 0 Å². The van der Waals surface area contributed by atoms with Gasteiger partial charge in [0.25, 0.3) is 0 Å². The number of hydrogen-bond donors (Lipinski definition) is 0. The molecular weight excluding hydrogens is 354 g/mol. The number of pyridine rings is 1. The molecule has 0 saturated carbocycles. The van der Waals surface area contributed by atoms with Gasteiger partial charge >= 0.3 is 0 Å². The molecule has 3 aromatic rings. The van der Waals surface area contributed by atoms with E-state index in [0.717, 1.165) is 25.2 Å². The van der Waals surface area contributed by atoms with E-state index < -0.39 is 0 Å². The lowest BCUT2D eigenvalue weighted by Gasteiger charge is -2.08. The van der Waals surface area contributed by atoms with Crippen LogP contribution in [0, 0.1) is 0 Å². The third-order valence-electron chi connectivity index (χ3n) is 5.24. The van der Waals surface area contributed by atoms with Gasteiger partial charge in [0.05, 0.1) is 6.61 Å². The average Bonchev–Trinajstić information content (AvgIpc) is 2.78. The first kappa shape index (κ1) is 21.1. The van der Waals surface area contributed by atoms with Gasteiger partial charge in [0.1, 0.15) is 5.75 Å². The molecule has 2 nitrogen and oxygen atoms in total. The molecule has 0 N–H and O–H groups in total. The normalized spacial score (nSPS) is 10.8. The van der Waals surface area contributed by atoms with E-state index >= 15 is 0 Å². The molecule has 0 aliphatic rings. The minimum absolute atomic E-state index is 0.764. The summed E-state index contributed by atoms with van der Waals surface area (Å²) in [4.78, 5) is 4.67. The molecule has 0 atom stereocenters. The van der Waals surface area contributed by atoms with Crippen LogP contribution in [0.5, 0.6) is 5.75 Å². The topological polar surface area (TPSA) is 22.1 Å². The fourth-order valence-electron chi connectivity index (χ4n) is 3.47. The molecule has 0 amide bonds. The summed E-state index contributed by atoms with van der Waals surface area (Å²) < 4.78 is 5.67. The van der Waals surface area contributed by atoms with Crippen LogP contribution < -0.4 is 4.74 Å². The van der Waals surface area contributed by atoms with E-state index in [0.29, 0.717) is 0 Å². The molecule has 0 radical (unpaired) electrons. The maximum Gasteiger partial charge on any atom is 0.119 e. The Morgan fingerprint density at radius 2 is 1.21 bits per heavy atom. The highest BCUT2D eigenvalue weighted by Gasteiger charge is 2.03. The van der Waals surface area contributed by atoms with Gasteiger partial charge in [-0.05, 0) is 54.2 Å². The van der Waals surface area contributed by atoms with Gasteiger partial charge < -0.3 is 4.74 Å². The first-order valence-corrected chi connectivity index (χ1v) is 11.1. The van der Waals surface area contributed by atoms with E-state index in [1.54, 1.807) is 0 Å². The van der Waals surface area contributed by atoms with Gasteiger partial charge in [-0.2, -0.15) is 0 Å².